The van der Waals surface area contributed by atoms with Crippen molar-refractivity contribution in [2.45, 2.75) is 39.4 Å². The Balaban J connectivity index is 2.59. The van der Waals surface area contributed by atoms with Gasteiger partial charge in [0.05, 0.1) is 7.05 Å². The summed E-state index contributed by atoms with van der Waals surface area (Å²) in [6.07, 6.45) is 0. The summed E-state index contributed by atoms with van der Waals surface area (Å²) in [5.74, 6) is 0.0875. The molecule has 1 unspecified atom stereocenters. The fourth-order valence-electron chi connectivity index (χ4n) is 1.76. The molecule has 1 aromatic rings. The first-order chi connectivity index (χ1) is 8.40. The van der Waals surface area contributed by atoms with E-state index in [4.69, 9.17) is 11.6 Å². The molecule has 0 spiro atoms. The molecule has 4 heteroatoms. The summed E-state index contributed by atoms with van der Waals surface area (Å²) in [5, 5.41) is 3.67. The fraction of sp³-hybridized carbons (Fsp3) is 0.500. The number of rotatable bonds is 5. The molecule has 100 valence electrons. The minimum Gasteiger partial charge on any atom is -0.349 e. The smallest absolute Gasteiger partial charge is 0.278 e. The van der Waals surface area contributed by atoms with E-state index in [-0.39, 0.29) is 18.0 Å². The molecule has 1 rings (SSSR count). The SMILES string of the molecule is CC(C)NC(=O)[C@@H](C)[NH+](C)Cc1cccc(Cl)c1. The van der Waals surface area contributed by atoms with E-state index >= 15 is 0 Å². The second-order valence-electron chi connectivity index (χ2n) is 5.04. The van der Waals surface area contributed by atoms with E-state index in [1.54, 1.807) is 0 Å². The van der Waals surface area contributed by atoms with Gasteiger partial charge in [0.15, 0.2) is 6.04 Å². The molecule has 0 heterocycles. The molecule has 0 aliphatic heterocycles. The number of carbonyl (C=O) groups is 1. The molecular formula is C14H22ClN2O+. The number of benzene rings is 1. The van der Waals surface area contributed by atoms with Crippen LogP contribution in [0.4, 0.5) is 0 Å². The number of halogens is 1. The van der Waals surface area contributed by atoms with Gasteiger partial charge >= 0.3 is 0 Å². The van der Waals surface area contributed by atoms with E-state index in [2.05, 4.69) is 5.32 Å². The van der Waals surface area contributed by atoms with Crippen molar-refractivity contribution in [3.63, 3.8) is 0 Å². The van der Waals surface area contributed by atoms with Crippen molar-refractivity contribution in [1.82, 2.24) is 5.32 Å². The molecule has 0 aromatic heterocycles. The third-order valence-electron chi connectivity index (χ3n) is 2.94. The van der Waals surface area contributed by atoms with Gasteiger partial charge in [-0.25, -0.2) is 0 Å². The number of hydrogen-bond acceptors (Lipinski definition) is 1. The molecule has 0 aliphatic carbocycles. The van der Waals surface area contributed by atoms with Crippen molar-refractivity contribution in [2.75, 3.05) is 7.05 Å². The summed E-state index contributed by atoms with van der Waals surface area (Å²) in [6.45, 7) is 6.67. The zero-order valence-electron chi connectivity index (χ0n) is 11.5. The molecule has 0 aliphatic rings. The van der Waals surface area contributed by atoms with E-state index in [0.29, 0.717) is 0 Å². The molecule has 1 amide bonds. The van der Waals surface area contributed by atoms with Crippen molar-refractivity contribution >= 4 is 17.5 Å². The maximum atomic E-state index is 11.9. The van der Waals surface area contributed by atoms with Gasteiger partial charge in [0.1, 0.15) is 6.54 Å². The van der Waals surface area contributed by atoms with Gasteiger partial charge in [-0.3, -0.25) is 4.79 Å². The first-order valence-electron chi connectivity index (χ1n) is 6.27. The largest absolute Gasteiger partial charge is 0.349 e. The second-order valence-corrected chi connectivity index (χ2v) is 5.47. The second kappa shape index (κ2) is 6.76. The Morgan fingerprint density at radius 3 is 2.61 bits per heavy atom. The Morgan fingerprint density at radius 1 is 1.39 bits per heavy atom. The van der Waals surface area contributed by atoms with Crippen LogP contribution < -0.4 is 10.2 Å². The highest BCUT2D eigenvalue weighted by atomic mass is 35.5. The molecule has 2 atom stereocenters. The normalized spacial score (nSPS) is 14.3. The maximum Gasteiger partial charge on any atom is 0.278 e. The molecule has 0 saturated carbocycles. The van der Waals surface area contributed by atoms with Crippen LogP contribution >= 0.6 is 11.6 Å². The zero-order valence-corrected chi connectivity index (χ0v) is 12.2. The third kappa shape index (κ3) is 4.67. The number of amides is 1. The van der Waals surface area contributed by atoms with Crippen LogP contribution in [0.3, 0.4) is 0 Å². The van der Waals surface area contributed by atoms with Crippen LogP contribution in [-0.2, 0) is 11.3 Å². The predicted molar refractivity (Wildman–Crippen MR) is 74.8 cm³/mol. The number of quaternary nitrogens is 1. The maximum absolute atomic E-state index is 11.9. The average molecular weight is 270 g/mol. The van der Waals surface area contributed by atoms with Crippen molar-refractivity contribution in [3.05, 3.63) is 34.9 Å². The quantitative estimate of drug-likeness (QED) is 0.829. The zero-order chi connectivity index (χ0) is 13.7. The summed E-state index contributed by atoms with van der Waals surface area (Å²) in [5.41, 5.74) is 1.14. The number of hydrogen-bond donors (Lipinski definition) is 2. The van der Waals surface area contributed by atoms with Crippen molar-refractivity contribution in [2.24, 2.45) is 0 Å². The fourth-order valence-corrected chi connectivity index (χ4v) is 1.97. The highest BCUT2D eigenvalue weighted by molar-refractivity contribution is 6.30. The number of nitrogens with one attached hydrogen (secondary N) is 2. The lowest BCUT2D eigenvalue weighted by Gasteiger charge is -2.22. The van der Waals surface area contributed by atoms with Crippen LogP contribution in [0.2, 0.25) is 5.02 Å². The lowest BCUT2D eigenvalue weighted by molar-refractivity contribution is -0.908. The molecule has 0 bridgehead atoms. The minimum atomic E-state index is -0.0774. The Morgan fingerprint density at radius 2 is 2.06 bits per heavy atom. The van der Waals surface area contributed by atoms with Crippen molar-refractivity contribution in [1.29, 1.82) is 0 Å². The van der Waals surface area contributed by atoms with Crippen LogP contribution in [0, 0.1) is 0 Å². The van der Waals surface area contributed by atoms with Crippen LogP contribution in [0.1, 0.15) is 26.3 Å². The van der Waals surface area contributed by atoms with Gasteiger partial charge in [-0.05, 0) is 32.9 Å². The minimum absolute atomic E-state index is 0.0774. The van der Waals surface area contributed by atoms with Gasteiger partial charge in [-0.15, -0.1) is 0 Å². The van der Waals surface area contributed by atoms with E-state index in [9.17, 15) is 4.79 Å². The Labute approximate surface area is 114 Å². The molecule has 2 N–H and O–H groups in total. The standard InChI is InChI=1S/C14H21ClN2O/c1-10(2)16-14(18)11(3)17(4)9-12-6-5-7-13(15)8-12/h5-8,10-11H,9H2,1-4H3,(H,16,18)/p+1/t11-/m1/s1. The predicted octanol–water partition coefficient (Wildman–Crippen LogP) is 1.27. The third-order valence-corrected chi connectivity index (χ3v) is 3.17. The Bertz CT molecular complexity index is 407. The van der Waals surface area contributed by atoms with Crippen LogP contribution in [0.25, 0.3) is 0 Å². The molecule has 18 heavy (non-hydrogen) atoms. The topological polar surface area (TPSA) is 33.5 Å². The Hall–Kier alpha value is -1.06. The first-order valence-corrected chi connectivity index (χ1v) is 6.65. The summed E-state index contributed by atoms with van der Waals surface area (Å²) < 4.78 is 0. The van der Waals surface area contributed by atoms with Gasteiger partial charge in [0.2, 0.25) is 0 Å². The molecule has 1 aromatic carbocycles. The van der Waals surface area contributed by atoms with E-state index in [0.717, 1.165) is 22.0 Å². The van der Waals surface area contributed by atoms with Gasteiger partial charge < -0.3 is 10.2 Å². The van der Waals surface area contributed by atoms with Crippen LogP contribution in [0.5, 0.6) is 0 Å². The van der Waals surface area contributed by atoms with E-state index in [1.807, 2.05) is 52.1 Å². The van der Waals surface area contributed by atoms with Crippen LogP contribution in [-0.4, -0.2) is 25.0 Å². The average Bonchev–Trinajstić information content (AvgIpc) is 2.27. The summed E-state index contributed by atoms with van der Waals surface area (Å²) in [7, 11) is 2.02. The van der Waals surface area contributed by atoms with E-state index < -0.39 is 0 Å². The molecule has 3 nitrogen and oxygen atoms in total. The number of likely N-dealkylation sites (N-methyl/N-ethyl adjacent to an activating group) is 1. The molecule has 0 saturated heterocycles. The summed E-state index contributed by atoms with van der Waals surface area (Å²) in [4.78, 5) is 13.0. The molecular weight excluding hydrogens is 248 g/mol. The van der Waals surface area contributed by atoms with Crippen molar-refractivity contribution < 1.29 is 9.69 Å². The highest BCUT2D eigenvalue weighted by Gasteiger charge is 2.22. The first kappa shape index (κ1) is 15.0. The Kier molecular flexibility index (Phi) is 5.63. The van der Waals surface area contributed by atoms with E-state index in [1.165, 1.54) is 0 Å². The molecule has 0 fully saturated rings. The monoisotopic (exact) mass is 269 g/mol. The van der Waals surface area contributed by atoms with Crippen LogP contribution in [0.15, 0.2) is 24.3 Å². The summed E-state index contributed by atoms with van der Waals surface area (Å²) >= 11 is 5.95. The summed E-state index contributed by atoms with van der Waals surface area (Å²) in [6, 6.07) is 7.87. The lowest BCUT2D eigenvalue weighted by atomic mass is 10.2. The van der Waals surface area contributed by atoms with Gasteiger partial charge in [0.25, 0.3) is 5.91 Å². The lowest BCUT2D eigenvalue weighted by Crippen LogP contribution is -3.12. The molecule has 0 radical (unpaired) electrons. The van der Waals surface area contributed by atoms with Gasteiger partial charge in [0, 0.05) is 16.6 Å². The van der Waals surface area contributed by atoms with Gasteiger partial charge in [-0.2, -0.15) is 0 Å². The highest BCUT2D eigenvalue weighted by Crippen LogP contribution is 2.09. The van der Waals surface area contributed by atoms with Gasteiger partial charge in [-0.1, -0.05) is 23.7 Å². The van der Waals surface area contributed by atoms with Crippen molar-refractivity contribution in [3.8, 4) is 0 Å². The number of carbonyl (C=O) groups excluding carboxylic acids is 1.